The normalized spacial score (nSPS) is 10.1. The molecule has 0 aliphatic rings. The molecule has 0 unspecified atom stereocenters. The molecule has 0 radical (unpaired) electrons. The molecule has 0 atom stereocenters. The SMILES string of the molecule is CCCOC(=O)CC(=O)c1cccc(Br)c1Br. The summed E-state index contributed by atoms with van der Waals surface area (Å²) < 4.78 is 6.31. The van der Waals surface area contributed by atoms with Crippen molar-refractivity contribution < 1.29 is 14.3 Å². The van der Waals surface area contributed by atoms with E-state index >= 15 is 0 Å². The van der Waals surface area contributed by atoms with Crippen molar-refractivity contribution in [2.75, 3.05) is 6.61 Å². The number of hydrogen-bond acceptors (Lipinski definition) is 3. The van der Waals surface area contributed by atoms with E-state index in [9.17, 15) is 9.59 Å². The first-order chi connectivity index (χ1) is 8.06. The van der Waals surface area contributed by atoms with Crippen molar-refractivity contribution in [3.05, 3.63) is 32.7 Å². The summed E-state index contributed by atoms with van der Waals surface area (Å²) >= 11 is 6.61. The third-order valence-electron chi connectivity index (χ3n) is 2.02. The standard InChI is InChI=1S/C12H12Br2O3/c1-2-6-17-11(16)7-10(15)8-4-3-5-9(13)12(8)14/h3-5H,2,6-7H2,1H3. The summed E-state index contributed by atoms with van der Waals surface area (Å²) in [5, 5.41) is 0. The second-order valence-corrected chi connectivity index (χ2v) is 5.07. The van der Waals surface area contributed by atoms with Crippen molar-refractivity contribution in [1.82, 2.24) is 0 Å². The van der Waals surface area contributed by atoms with Gasteiger partial charge in [-0.15, -0.1) is 0 Å². The van der Waals surface area contributed by atoms with Crippen molar-refractivity contribution in [2.45, 2.75) is 19.8 Å². The highest BCUT2D eigenvalue weighted by Gasteiger charge is 2.16. The zero-order valence-electron chi connectivity index (χ0n) is 9.33. The topological polar surface area (TPSA) is 43.4 Å². The molecular weight excluding hydrogens is 352 g/mol. The second kappa shape index (κ2) is 6.91. The van der Waals surface area contributed by atoms with Gasteiger partial charge in [-0.3, -0.25) is 9.59 Å². The van der Waals surface area contributed by atoms with Crippen LogP contribution in [-0.4, -0.2) is 18.4 Å². The number of rotatable bonds is 5. The molecule has 0 N–H and O–H groups in total. The van der Waals surface area contributed by atoms with Gasteiger partial charge in [0.15, 0.2) is 5.78 Å². The molecule has 0 amide bonds. The number of ether oxygens (including phenoxy) is 1. The number of benzene rings is 1. The molecule has 3 nitrogen and oxygen atoms in total. The number of halogens is 2. The Morgan fingerprint density at radius 1 is 1.29 bits per heavy atom. The van der Waals surface area contributed by atoms with Crippen LogP contribution in [0.5, 0.6) is 0 Å². The highest BCUT2D eigenvalue weighted by Crippen LogP contribution is 2.27. The predicted molar refractivity (Wildman–Crippen MR) is 72.0 cm³/mol. The van der Waals surface area contributed by atoms with Crippen molar-refractivity contribution in [1.29, 1.82) is 0 Å². The van der Waals surface area contributed by atoms with Gasteiger partial charge < -0.3 is 4.74 Å². The van der Waals surface area contributed by atoms with Crippen molar-refractivity contribution in [2.24, 2.45) is 0 Å². The molecule has 0 saturated carbocycles. The van der Waals surface area contributed by atoms with E-state index < -0.39 is 5.97 Å². The van der Waals surface area contributed by atoms with Gasteiger partial charge in [0.05, 0.1) is 6.61 Å². The molecule has 0 heterocycles. The Kier molecular flexibility index (Phi) is 5.85. The quantitative estimate of drug-likeness (QED) is 0.454. The molecule has 0 saturated heterocycles. The van der Waals surface area contributed by atoms with Crippen molar-refractivity contribution in [3.8, 4) is 0 Å². The maximum atomic E-state index is 11.8. The molecule has 1 rings (SSSR count). The fraction of sp³-hybridized carbons (Fsp3) is 0.333. The van der Waals surface area contributed by atoms with E-state index in [1.54, 1.807) is 12.1 Å². The molecule has 0 fully saturated rings. The third-order valence-corrected chi connectivity index (χ3v) is 4.07. The summed E-state index contributed by atoms with van der Waals surface area (Å²) in [6.07, 6.45) is 0.523. The minimum absolute atomic E-state index is 0.227. The van der Waals surface area contributed by atoms with Gasteiger partial charge in [-0.25, -0.2) is 0 Å². The Morgan fingerprint density at radius 3 is 2.65 bits per heavy atom. The van der Waals surface area contributed by atoms with Crippen LogP contribution in [0.15, 0.2) is 27.1 Å². The predicted octanol–water partition coefficient (Wildman–Crippen LogP) is 3.74. The van der Waals surface area contributed by atoms with Gasteiger partial charge in [-0.05, 0) is 44.3 Å². The largest absolute Gasteiger partial charge is 0.465 e. The van der Waals surface area contributed by atoms with Gasteiger partial charge in [0.1, 0.15) is 6.42 Å². The highest BCUT2D eigenvalue weighted by atomic mass is 79.9. The number of ketones is 1. The van der Waals surface area contributed by atoms with Gasteiger partial charge >= 0.3 is 5.97 Å². The minimum Gasteiger partial charge on any atom is -0.465 e. The Morgan fingerprint density at radius 2 is 2.00 bits per heavy atom. The average molecular weight is 364 g/mol. The van der Waals surface area contributed by atoms with E-state index in [1.165, 1.54) is 0 Å². The first kappa shape index (κ1) is 14.4. The molecular formula is C12H12Br2O3. The van der Waals surface area contributed by atoms with Gasteiger partial charge in [0, 0.05) is 14.5 Å². The van der Waals surface area contributed by atoms with Crippen LogP contribution in [0.2, 0.25) is 0 Å². The van der Waals surface area contributed by atoms with Crippen LogP contribution in [-0.2, 0) is 9.53 Å². The van der Waals surface area contributed by atoms with Crippen LogP contribution in [0, 0.1) is 0 Å². The van der Waals surface area contributed by atoms with Crippen LogP contribution >= 0.6 is 31.9 Å². The van der Waals surface area contributed by atoms with Gasteiger partial charge in [-0.1, -0.05) is 19.1 Å². The Hall–Kier alpha value is -0.680. The number of carbonyl (C=O) groups is 2. The van der Waals surface area contributed by atoms with Gasteiger partial charge in [0.25, 0.3) is 0 Å². The van der Waals surface area contributed by atoms with Gasteiger partial charge in [0.2, 0.25) is 0 Å². The molecule has 1 aromatic carbocycles. The van der Waals surface area contributed by atoms with Gasteiger partial charge in [-0.2, -0.15) is 0 Å². The first-order valence-electron chi connectivity index (χ1n) is 5.19. The molecule has 0 aliphatic carbocycles. The minimum atomic E-state index is -0.483. The Bertz CT molecular complexity index is 430. The number of carbonyl (C=O) groups excluding carboxylic acids is 2. The first-order valence-corrected chi connectivity index (χ1v) is 6.77. The van der Waals surface area contributed by atoms with E-state index in [4.69, 9.17) is 4.74 Å². The van der Waals surface area contributed by atoms with Crippen LogP contribution < -0.4 is 0 Å². The maximum Gasteiger partial charge on any atom is 0.313 e. The summed E-state index contributed by atoms with van der Waals surface area (Å²) in [5.41, 5.74) is 0.479. The summed E-state index contributed by atoms with van der Waals surface area (Å²) in [7, 11) is 0. The van der Waals surface area contributed by atoms with Crippen molar-refractivity contribution >= 4 is 43.6 Å². The Balaban J connectivity index is 2.70. The maximum absolute atomic E-state index is 11.8. The van der Waals surface area contributed by atoms with E-state index in [-0.39, 0.29) is 12.2 Å². The lowest BCUT2D eigenvalue weighted by Crippen LogP contribution is -2.12. The summed E-state index contributed by atoms with van der Waals surface area (Å²) in [6.45, 7) is 2.26. The molecule has 0 bridgehead atoms. The molecule has 17 heavy (non-hydrogen) atoms. The fourth-order valence-corrected chi connectivity index (χ4v) is 2.06. The number of hydrogen-bond donors (Lipinski definition) is 0. The second-order valence-electron chi connectivity index (χ2n) is 3.42. The highest BCUT2D eigenvalue weighted by molar-refractivity contribution is 9.13. The smallest absolute Gasteiger partial charge is 0.313 e. The molecule has 5 heteroatoms. The molecule has 92 valence electrons. The van der Waals surface area contributed by atoms with Crippen molar-refractivity contribution in [3.63, 3.8) is 0 Å². The molecule has 1 aromatic rings. The van der Waals surface area contributed by atoms with E-state index in [0.29, 0.717) is 16.6 Å². The summed E-state index contributed by atoms with van der Waals surface area (Å²) in [6, 6.07) is 5.24. The van der Waals surface area contributed by atoms with Crippen LogP contribution in [0.25, 0.3) is 0 Å². The molecule has 0 spiro atoms. The van der Waals surface area contributed by atoms with E-state index in [0.717, 1.165) is 10.9 Å². The number of esters is 1. The monoisotopic (exact) mass is 362 g/mol. The lowest BCUT2D eigenvalue weighted by Gasteiger charge is -2.05. The lowest BCUT2D eigenvalue weighted by molar-refractivity contribution is -0.142. The summed E-state index contributed by atoms with van der Waals surface area (Å²) in [5.74, 6) is -0.733. The lowest BCUT2D eigenvalue weighted by atomic mass is 10.1. The van der Waals surface area contributed by atoms with Crippen LogP contribution in [0.1, 0.15) is 30.1 Å². The average Bonchev–Trinajstić information content (AvgIpc) is 2.29. The van der Waals surface area contributed by atoms with E-state index in [1.807, 2.05) is 13.0 Å². The zero-order valence-corrected chi connectivity index (χ0v) is 12.5. The molecule has 0 aliphatic heterocycles. The summed E-state index contributed by atoms with van der Waals surface area (Å²) in [4.78, 5) is 23.2. The van der Waals surface area contributed by atoms with Crippen LogP contribution in [0.4, 0.5) is 0 Å². The third kappa shape index (κ3) is 4.24. The fourth-order valence-electron chi connectivity index (χ4n) is 1.21. The Labute approximate surface area is 117 Å². The van der Waals surface area contributed by atoms with E-state index in [2.05, 4.69) is 31.9 Å². The van der Waals surface area contributed by atoms with Crippen LogP contribution in [0.3, 0.4) is 0 Å². The molecule has 0 aromatic heterocycles. The zero-order chi connectivity index (χ0) is 12.8. The number of Topliss-reactive ketones (excluding diaryl/α,β-unsaturated/α-hetero) is 1.